The molecule has 0 aliphatic carbocycles. The molecule has 4 nitrogen and oxygen atoms in total. The van der Waals surface area contributed by atoms with Gasteiger partial charge in [0.05, 0.1) is 11.1 Å². The highest BCUT2D eigenvalue weighted by Gasteiger charge is 2.28. The monoisotopic (exact) mass is 733 g/mol. The van der Waals surface area contributed by atoms with Crippen molar-refractivity contribution in [3.05, 3.63) is 200 Å². The molecule has 0 saturated heterocycles. The molecule has 0 aliphatic rings. The van der Waals surface area contributed by atoms with Crippen molar-refractivity contribution in [3.63, 3.8) is 0 Å². The van der Waals surface area contributed by atoms with Gasteiger partial charge in [0, 0.05) is 27.7 Å². The first kappa shape index (κ1) is 32.2. The average molecular weight is 734 g/mol. The van der Waals surface area contributed by atoms with E-state index >= 15 is 0 Å². The van der Waals surface area contributed by atoms with Crippen LogP contribution in [0.5, 0.6) is 0 Å². The summed E-state index contributed by atoms with van der Waals surface area (Å²) in [4.78, 5) is 7.40. The van der Waals surface area contributed by atoms with Gasteiger partial charge < -0.3 is 13.7 Å². The van der Waals surface area contributed by atoms with Crippen LogP contribution in [0, 0.1) is 0 Å². The first-order valence-corrected chi connectivity index (χ1v) is 20.4. The van der Waals surface area contributed by atoms with E-state index in [1.165, 1.54) is 15.6 Å². The van der Waals surface area contributed by atoms with Crippen LogP contribution in [0.3, 0.4) is 0 Å². The molecule has 9 aromatic carbocycles. The first-order valence-electron chi connectivity index (χ1n) is 18.9. The van der Waals surface area contributed by atoms with Crippen LogP contribution in [0.25, 0.3) is 66.0 Å². The first-order chi connectivity index (χ1) is 27.8. The van der Waals surface area contributed by atoms with E-state index in [2.05, 4.69) is 169 Å². The van der Waals surface area contributed by atoms with Crippen molar-refractivity contribution in [2.24, 2.45) is 0 Å². The van der Waals surface area contributed by atoms with Crippen LogP contribution in [0.4, 0.5) is 17.1 Å². The van der Waals surface area contributed by atoms with Gasteiger partial charge in [-0.2, -0.15) is 0 Å². The number of nitrogens with zero attached hydrogens (tertiary/aromatic N) is 2. The second-order valence-electron chi connectivity index (χ2n) is 14.1. The Bertz CT molecular complexity index is 3170. The molecule has 0 N–H and O–H groups in total. The fourth-order valence-electron chi connectivity index (χ4n) is 8.27. The van der Waals surface area contributed by atoms with Gasteiger partial charge in [-0.3, -0.25) is 0 Å². The number of aromatic nitrogens is 1. The summed E-state index contributed by atoms with van der Waals surface area (Å²) >= 11 is 0. The summed E-state index contributed by atoms with van der Waals surface area (Å²) in [7, 11) is -1.46. The highest BCUT2D eigenvalue weighted by molar-refractivity contribution is 6.96. The topological polar surface area (TPSA) is 42.4 Å². The van der Waals surface area contributed by atoms with Crippen molar-refractivity contribution >= 4 is 96.0 Å². The summed E-state index contributed by atoms with van der Waals surface area (Å²) < 4.78 is 13.2. The molecule has 0 saturated carbocycles. The summed E-state index contributed by atoms with van der Waals surface area (Å²) in [5, 5.41) is 10.5. The molecule has 0 amide bonds. The fourth-order valence-corrected chi connectivity index (χ4v) is 11.0. The zero-order valence-corrected chi connectivity index (χ0v) is 31.3. The third-order valence-corrected chi connectivity index (χ3v) is 13.6. The molecule has 0 bridgehead atoms. The number of furan rings is 1. The summed E-state index contributed by atoms with van der Waals surface area (Å²) in [5.74, 6) is 0.617. The van der Waals surface area contributed by atoms with Gasteiger partial charge in [-0.25, -0.2) is 4.98 Å². The van der Waals surface area contributed by atoms with E-state index in [1.54, 1.807) is 0 Å². The van der Waals surface area contributed by atoms with Gasteiger partial charge in [0.15, 0.2) is 14.4 Å². The molecule has 11 rings (SSSR count). The Morgan fingerprint density at radius 1 is 0.446 bits per heavy atom. The average Bonchev–Trinajstić information content (AvgIpc) is 3.88. The lowest BCUT2D eigenvalue weighted by Crippen LogP contribution is -2.53. The number of para-hydroxylation sites is 2. The molecule has 1 radical (unpaired) electrons. The number of benzene rings is 9. The third-order valence-electron chi connectivity index (χ3n) is 10.8. The van der Waals surface area contributed by atoms with Crippen LogP contribution in [0.2, 0.25) is 0 Å². The largest absolute Gasteiger partial charge is 0.456 e. The Morgan fingerprint density at radius 2 is 1.07 bits per heavy atom. The Balaban J connectivity index is 1.21. The minimum absolute atomic E-state index is 0.617. The van der Waals surface area contributed by atoms with Crippen LogP contribution in [0.1, 0.15) is 0 Å². The van der Waals surface area contributed by atoms with Crippen molar-refractivity contribution in [2.45, 2.75) is 0 Å². The number of oxazole rings is 1. The lowest BCUT2D eigenvalue weighted by atomic mass is 9.99. The van der Waals surface area contributed by atoms with Gasteiger partial charge in [0.2, 0.25) is 5.89 Å². The Hall–Kier alpha value is -7.21. The predicted octanol–water partition coefficient (Wildman–Crippen LogP) is 11.7. The molecule has 56 heavy (non-hydrogen) atoms. The summed E-state index contributed by atoms with van der Waals surface area (Å²) in [6.45, 7) is 0. The molecule has 2 heterocycles. The van der Waals surface area contributed by atoms with E-state index in [1.807, 2.05) is 36.4 Å². The standard InChI is InChI=1S/C51H33N2O2Si/c1-4-15-36(16-5-1)51-52-42-32-30-35-28-27-34-29-31-37(33-41(34)48(35)50(42)55-51)53(44-23-14-25-46-49(44)40-21-10-12-24-45(40)54-46)43-22-11-13-26-47(43)56(38-17-6-2-7-18-38)39-19-8-3-9-20-39/h1-33H. The van der Waals surface area contributed by atoms with Crippen LogP contribution >= 0.6 is 0 Å². The fraction of sp³-hybridized carbons (Fsp3) is 0. The zero-order chi connectivity index (χ0) is 37.0. The van der Waals surface area contributed by atoms with Crippen LogP contribution in [0.15, 0.2) is 209 Å². The van der Waals surface area contributed by atoms with Gasteiger partial charge in [0.1, 0.15) is 16.7 Å². The molecule has 2 aromatic heterocycles. The van der Waals surface area contributed by atoms with Crippen LogP contribution in [-0.4, -0.2) is 13.8 Å². The quantitative estimate of drug-likeness (QED) is 0.0929. The zero-order valence-electron chi connectivity index (χ0n) is 30.3. The molecule has 11 aromatic rings. The van der Waals surface area contributed by atoms with E-state index in [9.17, 15) is 0 Å². The van der Waals surface area contributed by atoms with Gasteiger partial charge in [-0.1, -0.05) is 156 Å². The lowest BCUT2D eigenvalue weighted by Gasteiger charge is -2.31. The van der Waals surface area contributed by atoms with Crippen molar-refractivity contribution in [1.29, 1.82) is 0 Å². The molecule has 5 heteroatoms. The molecule has 263 valence electrons. The number of hydrogen-bond acceptors (Lipinski definition) is 4. The van der Waals surface area contributed by atoms with Gasteiger partial charge in [-0.15, -0.1) is 0 Å². The molecular formula is C51H33N2O2Si. The highest BCUT2D eigenvalue weighted by Crippen LogP contribution is 2.44. The number of rotatable bonds is 7. The minimum atomic E-state index is -1.46. The molecule has 0 fully saturated rings. The molecule has 0 aliphatic heterocycles. The number of fused-ring (bicyclic) bond motifs is 8. The third kappa shape index (κ3) is 5.32. The van der Waals surface area contributed by atoms with Crippen molar-refractivity contribution in [1.82, 2.24) is 4.98 Å². The van der Waals surface area contributed by atoms with Crippen LogP contribution in [-0.2, 0) is 0 Å². The maximum absolute atomic E-state index is 6.66. The summed E-state index contributed by atoms with van der Waals surface area (Å²) in [5.41, 5.74) is 7.52. The van der Waals surface area contributed by atoms with E-state index in [0.717, 1.165) is 77.2 Å². The van der Waals surface area contributed by atoms with Crippen molar-refractivity contribution in [2.75, 3.05) is 4.90 Å². The summed E-state index contributed by atoms with van der Waals surface area (Å²) in [6, 6.07) is 71.2. The van der Waals surface area contributed by atoms with Crippen molar-refractivity contribution < 1.29 is 8.83 Å². The predicted molar refractivity (Wildman–Crippen MR) is 234 cm³/mol. The Kier molecular flexibility index (Phi) is 7.64. The van der Waals surface area contributed by atoms with E-state index in [4.69, 9.17) is 13.8 Å². The Labute approximate surface area is 325 Å². The normalized spacial score (nSPS) is 11.7. The van der Waals surface area contributed by atoms with Gasteiger partial charge in [-0.05, 0) is 75.9 Å². The molecule has 0 unspecified atom stereocenters. The SMILES string of the molecule is c1ccc(-c2nc3ccc4ccc5ccc(N(c6ccccc6[Si](c6ccccc6)c6ccccc6)c6cccc7oc8ccccc8c67)cc5c4c3o2)cc1. The maximum Gasteiger partial charge on any atom is 0.227 e. The number of anilines is 3. The minimum Gasteiger partial charge on any atom is -0.456 e. The number of hydrogen-bond donors (Lipinski definition) is 0. The van der Waals surface area contributed by atoms with Gasteiger partial charge in [0.25, 0.3) is 0 Å². The summed E-state index contributed by atoms with van der Waals surface area (Å²) in [6.07, 6.45) is 0. The van der Waals surface area contributed by atoms with Gasteiger partial charge >= 0.3 is 0 Å². The second kappa shape index (κ2) is 13.3. The maximum atomic E-state index is 6.66. The second-order valence-corrected chi connectivity index (χ2v) is 16.5. The van der Waals surface area contributed by atoms with E-state index in [-0.39, 0.29) is 0 Å². The molecular weight excluding hydrogens is 701 g/mol. The highest BCUT2D eigenvalue weighted by atomic mass is 28.3. The van der Waals surface area contributed by atoms with Crippen LogP contribution < -0.4 is 20.5 Å². The smallest absolute Gasteiger partial charge is 0.227 e. The van der Waals surface area contributed by atoms with E-state index < -0.39 is 8.80 Å². The molecule has 0 spiro atoms. The molecule has 0 atom stereocenters. The Morgan fingerprint density at radius 3 is 1.88 bits per heavy atom. The van der Waals surface area contributed by atoms with E-state index in [0.29, 0.717) is 5.89 Å². The van der Waals surface area contributed by atoms with Crippen molar-refractivity contribution in [3.8, 4) is 11.5 Å². The lowest BCUT2D eigenvalue weighted by molar-refractivity contribution is 0.623.